The maximum Gasteiger partial charge on any atom is 0.117 e. The molecule has 0 saturated carbocycles. The summed E-state index contributed by atoms with van der Waals surface area (Å²) in [7, 11) is 1.99. The van der Waals surface area contributed by atoms with Crippen molar-refractivity contribution >= 4 is 0 Å². The van der Waals surface area contributed by atoms with E-state index in [0.717, 1.165) is 43.3 Å². The molecule has 1 fully saturated rings. The molecule has 0 bridgehead atoms. The third kappa shape index (κ3) is 2.96. The second-order valence-electron chi connectivity index (χ2n) is 6.19. The van der Waals surface area contributed by atoms with Crippen molar-refractivity contribution < 1.29 is 9.15 Å². The average Bonchev–Trinajstić information content (AvgIpc) is 3.14. The highest BCUT2D eigenvalue weighted by atomic mass is 16.5. The molecule has 0 aromatic carbocycles. The lowest BCUT2D eigenvalue weighted by atomic mass is 9.94. The molecule has 1 aliphatic rings. The van der Waals surface area contributed by atoms with Crippen LogP contribution in [0.2, 0.25) is 0 Å². The lowest BCUT2D eigenvalue weighted by molar-refractivity contribution is 0.0892. The van der Waals surface area contributed by atoms with Crippen LogP contribution < -0.4 is 5.32 Å². The number of hydrogen-bond donors (Lipinski definition) is 1. The fourth-order valence-electron chi connectivity index (χ4n) is 3.32. The number of nitrogens with zero attached hydrogens (tertiary/aromatic N) is 2. The number of hydrogen-bond acceptors (Lipinski definition) is 4. The molecule has 3 heterocycles. The molecule has 2 atom stereocenters. The second kappa shape index (κ2) is 6.26. The monoisotopic (exact) mass is 303 g/mol. The van der Waals surface area contributed by atoms with E-state index in [9.17, 15) is 0 Å². The van der Waals surface area contributed by atoms with Crippen LogP contribution in [0.4, 0.5) is 0 Å². The zero-order valence-electron chi connectivity index (χ0n) is 13.8. The molecule has 5 heteroatoms. The minimum absolute atomic E-state index is 0.152. The van der Waals surface area contributed by atoms with Crippen molar-refractivity contribution in [1.29, 1.82) is 0 Å². The maximum absolute atomic E-state index is 6.02. The lowest BCUT2D eigenvalue weighted by Crippen LogP contribution is -2.25. The van der Waals surface area contributed by atoms with E-state index in [0.29, 0.717) is 5.92 Å². The largest absolute Gasteiger partial charge is 0.465 e. The molecule has 5 nitrogen and oxygen atoms in total. The van der Waals surface area contributed by atoms with Gasteiger partial charge in [-0.05, 0) is 39.3 Å². The van der Waals surface area contributed by atoms with Gasteiger partial charge in [0.1, 0.15) is 11.5 Å². The molecule has 0 amide bonds. The normalized spacial score (nSPS) is 21.6. The summed E-state index contributed by atoms with van der Waals surface area (Å²) in [5, 5.41) is 8.02. The first-order chi connectivity index (χ1) is 10.6. The number of ether oxygens (including phenoxy) is 1. The summed E-state index contributed by atoms with van der Waals surface area (Å²) in [6.45, 7) is 8.68. The molecule has 2 aromatic heterocycles. The van der Waals surface area contributed by atoms with Crippen LogP contribution in [0.25, 0.3) is 0 Å². The predicted octanol–water partition coefficient (Wildman–Crippen LogP) is 2.81. The van der Waals surface area contributed by atoms with Crippen molar-refractivity contribution in [3.05, 3.63) is 40.6 Å². The molecule has 120 valence electrons. The maximum atomic E-state index is 6.02. The minimum Gasteiger partial charge on any atom is -0.465 e. The van der Waals surface area contributed by atoms with E-state index < -0.39 is 0 Å². The van der Waals surface area contributed by atoms with E-state index in [1.807, 2.05) is 30.8 Å². The van der Waals surface area contributed by atoms with Crippen molar-refractivity contribution in [3.63, 3.8) is 0 Å². The molecule has 1 saturated heterocycles. The van der Waals surface area contributed by atoms with E-state index in [1.165, 1.54) is 11.3 Å². The summed E-state index contributed by atoms with van der Waals surface area (Å²) in [5.74, 6) is 2.43. The standard InChI is InChI=1S/C17H25N3O2/c1-11-5-6-15(22-11)10-18-9-14-7-8-21-17(14)16-12(2)19-20(4)13(16)3/h5-6,14,17-18H,7-10H2,1-4H3/t14-,17+/m1/s1. The van der Waals surface area contributed by atoms with Gasteiger partial charge in [0.05, 0.1) is 18.3 Å². The van der Waals surface area contributed by atoms with Crippen LogP contribution in [0.1, 0.15) is 41.0 Å². The number of aryl methyl sites for hydroxylation is 3. The first kappa shape index (κ1) is 15.3. The zero-order valence-corrected chi connectivity index (χ0v) is 13.8. The zero-order chi connectivity index (χ0) is 15.7. The highest BCUT2D eigenvalue weighted by molar-refractivity contribution is 5.28. The van der Waals surface area contributed by atoms with Gasteiger partial charge in [0, 0.05) is 37.4 Å². The van der Waals surface area contributed by atoms with Gasteiger partial charge in [0.25, 0.3) is 0 Å². The number of furan rings is 1. The Balaban J connectivity index is 1.63. The molecule has 0 radical (unpaired) electrons. The third-order valence-corrected chi connectivity index (χ3v) is 4.57. The molecule has 22 heavy (non-hydrogen) atoms. The van der Waals surface area contributed by atoms with E-state index in [4.69, 9.17) is 9.15 Å². The van der Waals surface area contributed by atoms with Gasteiger partial charge in [0.15, 0.2) is 0 Å². The number of nitrogens with one attached hydrogen (secondary N) is 1. The molecule has 1 aliphatic heterocycles. The van der Waals surface area contributed by atoms with Crippen LogP contribution >= 0.6 is 0 Å². The van der Waals surface area contributed by atoms with Crippen molar-refractivity contribution in [3.8, 4) is 0 Å². The molecule has 2 aromatic rings. The van der Waals surface area contributed by atoms with Crippen molar-refractivity contribution in [2.45, 2.75) is 39.8 Å². The summed E-state index contributed by atoms with van der Waals surface area (Å²) < 4.78 is 13.6. The molecule has 0 unspecified atom stereocenters. The van der Waals surface area contributed by atoms with E-state index in [1.54, 1.807) is 0 Å². The fraction of sp³-hybridized carbons (Fsp3) is 0.588. The van der Waals surface area contributed by atoms with Crippen LogP contribution in [0, 0.1) is 26.7 Å². The smallest absolute Gasteiger partial charge is 0.117 e. The van der Waals surface area contributed by atoms with Crippen molar-refractivity contribution in [2.24, 2.45) is 13.0 Å². The Hall–Kier alpha value is -1.59. The minimum atomic E-state index is 0.152. The molecule has 0 aliphatic carbocycles. The summed E-state index contributed by atoms with van der Waals surface area (Å²) in [6, 6.07) is 4.03. The highest BCUT2D eigenvalue weighted by Gasteiger charge is 2.33. The number of rotatable bonds is 5. The highest BCUT2D eigenvalue weighted by Crippen LogP contribution is 2.37. The summed E-state index contributed by atoms with van der Waals surface area (Å²) >= 11 is 0. The molecular formula is C17H25N3O2. The quantitative estimate of drug-likeness (QED) is 0.923. The van der Waals surface area contributed by atoms with Gasteiger partial charge in [-0.15, -0.1) is 0 Å². The summed E-state index contributed by atoms with van der Waals surface area (Å²) in [6.07, 6.45) is 1.24. The summed E-state index contributed by atoms with van der Waals surface area (Å²) in [5.41, 5.74) is 3.55. The van der Waals surface area contributed by atoms with Crippen LogP contribution in [-0.2, 0) is 18.3 Å². The Morgan fingerprint density at radius 3 is 2.77 bits per heavy atom. The second-order valence-corrected chi connectivity index (χ2v) is 6.19. The Kier molecular flexibility index (Phi) is 4.36. The van der Waals surface area contributed by atoms with Crippen molar-refractivity contribution in [2.75, 3.05) is 13.2 Å². The van der Waals surface area contributed by atoms with Crippen molar-refractivity contribution in [1.82, 2.24) is 15.1 Å². The van der Waals surface area contributed by atoms with Gasteiger partial charge >= 0.3 is 0 Å². The molecule has 3 rings (SSSR count). The Labute approximate surface area is 131 Å². The molecule has 0 spiro atoms. The number of aromatic nitrogens is 2. The van der Waals surface area contributed by atoms with Gasteiger partial charge in [-0.1, -0.05) is 0 Å². The van der Waals surface area contributed by atoms with Crippen LogP contribution in [-0.4, -0.2) is 22.9 Å². The molecular weight excluding hydrogens is 278 g/mol. The Bertz CT molecular complexity index is 644. The lowest BCUT2D eigenvalue weighted by Gasteiger charge is -2.19. The van der Waals surface area contributed by atoms with E-state index >= 15 is 0 Å². The van der Waals surface area contributed by atoms with Gasteiger partial charge in [-0.3, -0.25) is 4.68 Å². The van der Waals surface area contributed by atoms with Gasteiger partial charge < -0.3 is 14.5 Å². The Morgan fingerprint density at radius 2 is 2.14 bits per heavy atom. The average molecular weight is 303 g/mol. The van der Waals surface area contributed by atoms with Gasteiger partial charge in [-0.25, -0.2) is 0 Å². The first-order valence-corrected chi connectivity index (χ1v) is 7.94. The van der Waals surface area contributed by atoms with E-state index in [2.05, 4.69) is 24.3 Å². The van der Waals surface area contributed by atoms with E-state index in [-0.39, 0.29) is 6.10 Å². The fourth-order valence-corrected chi connectivity index (χ4v) is 3.32. The van der Waals surface area contributed by atoms with Gasteiger partial charge in [-0.2, -0.15) is 5.10 Å². The SMILES string of the molecule is Cc1ccc(CNC[C@H]2CCO[C@@H]2c2c(C)nn(C)c2C)o1. The third-order valence-electron chi connectivity index (χ3n) is 4.57. The predicted molar refractivity (Wildman–Crippen MR) is 84.6 cm³/mol. The summed E-state index contributed by atoms with van der Waals surface area (Å²) in [4.78, 5) is 0. The van der Waals surface area contributed by atoms with Crippen LogP contribution in [0.3, 0.4) is 0 Å². The Morgan fingerprint density at radius 1 is 1.32 bits per heavy atom. The van der Waals surface area contributed by atoms with Crippen LogP contribution in [0.5, 0.6) is 0 Å². The van der Waals surface area contributed by atoms with Gasteiger partial charge in [0.2, 0.25) is 0 Å². The van der Waals surface area contributed by atoms with Crippen LogP contribution in [0.15, 0.2) is 16.5 Å². The molecule has 1 N–H and O–H groups in total. The first-order valence-electron chi connectivity index (χ1n) is 7.94. The topological polar surface area (TPSA) is 52.2 Å².